The van der Waals surface area contributed by atoms with Gasteiger partial charge in [-0.3, -0.25) is 23.4 Å². The molecule has 0 saturated heterocycles. The number of phosphoric acid groups is 1. The van der Waals surface area contributed by atoms with Gasteiger partial charge in [-0.05, 0) is 38.5 Å². The zero-order valence-corrected chi connectivity index (χ0v) is 36.6. The summed E-state index contributed by atoms with van der Waals surface area (Å²) in [6.07, 6.45) is 39.9. The Morgan fingerprint density at radius 1 is 0.536 bits per heavy atom. The third-order valence-electron chi connectivity index (χ3n) is 10.0. The highest BCUT2D eigenvalue weighted by atomic mass is 31.2. The first-order chi connectivity index (χ1) is 27.1. The van der Waals surface area contributed by atoms with Gasteiger partial charge in [0.2, 0.25) is 0 Å². The Labute approximate surface area is 341 Å². The summed E-state index contributed by atoms with van der Waals surface area (Å²) in [6, 6.07) is -1.52. The Bertz CT molecular complexity index is 1010. The number of unbranched alkanes of at least 4 members (excludes halogenated alkanes) is 27. The minimum atomic E-state index is -4.71. The SMILES string of the molecule is CCCCCCCC/C=C\CCCCCCCCCCCCCC(=O)O[C@H](COC(=O)CCCCCCCCCCCCC)COP(=O)(O)OC[C@H](N)C(=O)O. The van der Waals surface area contributed by atoms with E-state index in [2.05, 4.69) is 30.5 Å². The molecule has 3 atom stereocenters. The molecule has 0 amide bonds. The van der Waals surface area contributed by atoms with Crippen LogP contribution in [0.25, 0.3) is 0 Å². The average molecular weight is 818 g/mol. The minimum Gasteiger partial charge on any atom is -0.480 e. The number of carbonyl (C=O) groups excluding carboxylic acids is 2. The van der Waals surface area contributed by atoms with E-state index in [-0.39, 0.29) is 19.4 Å². The highest BCUT2D eigenvalue weighted by Crippen LogP contribution is 2.43. The van der Waals surface area contributed by atoms with Gasteiger partial charge in [0.1, 0.15) is 12.6 Å². The number of phosphoric ester groups is 1. The smallest absolute Gasteiger partial charge is 0.472 e. The van der Waals surface area contributed by atoms with E-state index in [0.717, 1.165) is 38.5 Å². The summed E-state index contributed by atoms with van der Waals surface area (Å²) in [5, 5.41) is 8.88. The molecule has 0 aromatic carbocycles. The molecule has 0 heterocycles. The first-order valence-electron chi connectivity index (χ1n) is 22.7. The van der Waals surface area contributed by atoms with Crippen molar-refractivity contribution in [3.8, 4) is 0 Å². The fourth-order valence-corrected chi connectivity index (χ4v) is 7.19. The Morgan fingerprint density at radius 2 is 0.893 bits per heavy atom. The Morgan fingerprint density at radius 3 is 1.30 bits per heavy atom. The molecule has 56 heavy (non-hydrogen) atoms. The second-order valence-electron chi connectivity index (χ2n) is 15.5. The van der Waals surface area contributed by atoms with E-state index in [0.29, 0.717) is 12.8 Å². The maximum atomic E-state index is 12.6. The van der Waals surface area contributed by atoms with E-state index in [1.54, 1.807) is 0 Å². The molecule has 0 rings (SSSR count). The monoisotopic (exact) mass is 818 g/mol. The van der Waals surface area contributed by atoms with Crippen molar-refractivity contribution in [3.05, 3.63) is 12.2 Å². The highest BCUT2D eigenvalue weighted by molar-refractivity contribution is 7.47. The molecule has 330 valence electrons. The molecule has 0 fully saturated rings. The van der Waals surface area contributed by atoms with Crippen LogP contribution in [-0.2, 0) is 37.5 Å². The Kier molecular flexibility index (Phi) is 38.7. The highest BCUT2D eigenvalue weighted by Gasteiger charge is 2.28. The summed E-state index contributed by atoms with van der Waals surface area (Å²) < 4.78 is 32.7. The molecule has 0 saturated carbocycles. The molecule has 0 aliphatic carbocycles. The van der Waals surface area contributed by atoms with Gasteiger partial charge in [-0.25, -0.2) is 4.57 Å². The minimum absolute atomic E-state index is 0.165. The van der Waals surface area contributed by atoms with E-state index in [1.807, 2.05) is 0 Å². The Hall–Kier alpha value is -1.78. The van der Waals surface area contributed by atoms with Gasteiger partial charge in [-0.1, -0.05) is 180 Å². The number of carbonyl (C=O) groups is 3. The van der Waals surface area contributed by atoms with Crippen molar-refractivity contribution in [2.75, 3.05) is 19.8 Å². The standard InChI is InChI=1S/C44H84NO10P/c1-3-5-7-9-11-13-15-16-17-18-19-20-21-22-23-24-26-28-30-32-34-36-43(47)55-40(38-53-56(50,51)54-39-41(45)44(48)49)37-52-42(46)35-33-31-29-27-25-14-12-10-8-6-4-2/h16-17,40-41H,3-15,18-39,45H2,1-2H3,(H,48,49)(H,50,51)/b17-16-/t40-,41+/m1/s1. The first kappa shape index (κ1) is 54.2. The molecule has 0 aliphatic rings. The van der Waals surface area contributed by atoms with Crippen LogP contribution in [0.15, 0.2) is 12.2 Å². The third kappa shape index (κ3) is 39.1. The van der Waals surface area contributed by atoms with E-state index in [4.69, 9.17) is 24.8 Å². The van der Waals surface area contributed by atoms with Gasteiger partial charge in [0.15, 0.2) is 6.10 Å². The number of carboxylic acids is 1. The number of aliphatic carboxylic acids is 1. The number of nitrogens with two attached hydrogens (primary N) is 1. The summed E-state index contributed by atoms with van der Waals surface area (Å²) in [5.74, 6) is -2.37. The predicted molar refractivity (Wildman–Crippen MR) is 226 cm³/mol. The number of ether oxygens (including phenoxy) is 2. The Balaban J connectivity index is 4.24. The summed E-state index contributed by atoms with van der Waals surface area (Å²) in [4.78, 5) is 45.9. The molecule has 0 spiro atoms. The van der Waals surface area contributed by atoms with Gasteiger partial charge in [-0.15, -0.1) is 0 Å². The van der Waals surface area contributed by atoms with Gasteiger partial charge < -0.3 is 25.2 Å². The first-order valence-corrected chi connectivity index (χ1v) is 24.2. The van der Waals surface area contributed by atoms with Gasteiger partial charge in [0, 0.05) is 12.8 Å². The lowest BCUT2D eigenvalue weighted by molar-refractivity contribution is -0.161. The molecule has 0 bridgehead atoms. The van der Waals surface area contributed by atoms with Crippen LogP contribution in [0.5, 0.6) is 0 Å². The van der Waals surface area contributed by atoms with Crippen LogP contribution in [-0.4, -0.2) is 59.9 Å². The van der Waals surface area contributed by atoms with Crippen LogP contribution < -0.4 is 5.73 Å². The van der Waals surface area contributed by atoms with Crippen molar-refractivity contribution in [2.45, 2.75) is 231 Å². The lowest BCUT2D eigenvalue weighted by atomic mass is 10.0. The largest absolute Gasteiger partial charge is 0.480 e. The maximum Gasteiger partial charge on any atom is 0.472 e. The molecule has 0 aliphatic heterocycles. The third-order valence-corrected chi connectivity index (χ3v) is 11.0. The quantitative estimate of drug-likeness (QED) is 0.0231. The maximum absolute atomic E-state index is 12.6. The normalized spacial score (nSPS) is 13.8. The second kappa shape index (κ2) is 40.0. The van der Waals surface area contributed by atoms with Crippen molar-refractivity contribution in [3.63, 3.8) is 0 Å². The second-order valence-corrected chi connectivity index (χ2v) is 17.0. The zero-order chi connectivity index (χ0) is 41.4. The van der Waals surface area contributed by atoms with Crippen LogP contribution in [0.2, 0.25) is 0 Å². The van der Waals surface area contributed by atoms with Crippen molar-refractivity contribution < 1.29 is 47.5 Å². The van der Waals surface area contributed by atoms with E-state index in [9.17, 15) is 23.8 Å². The van der Waals surface area contributed by atoms with Crippen molar-refractivity contribution in [1.29, 1.82) is 0 Å². The summed E-state index contributed by atoms with van der Waals surface area (Å²) in [7, 11) is -4.71. The van der Waals surface area contributed by atoms with Gasteiger partial charge in [0.05, 0.1) is 13.2 Å². The van der Waals surface area contributed by atoms with E-state index >= 15 is 0 Å². The molecule has 11 nitrogen and oxygen atoms in total. The molecule has 1 unspecified atom stereocenters. The van der Waals surface area contributed by atoms with E-state index in [1.165, 1.54) is 141 Å². The van der Waals surface area contributed by atoms with Gasteiger partial charge in [-0.2, -0.15) is 0 Å². The number of hydrogen-bond acceptors (Lipinski definition) is 9. The topological polar surface area (TPSA) is 172 Å². The molecular formula is C44H84NO10P. The van der Waals surface area contributed by atoms with Crippen molar-refractivity contribution >= 4 is 25.7 Å². The van der Waals surface area contributed by atoms with Crippen molar-refractivity contribution in [1.82, 2.24) is 0 Å². The van der Waals surface area contributed by atoms with Crippen LogP contribution in [0, 0.1) is 0 Å². The summed E-state index contributed by atoms with van der Waals surface area (Å²) in [5.41, 5.74) is 5.33. The van der Waals surface area contributed by atoms with Crippen LogP contribution in [0.1, 0.15) is 219 Å². The molecule has 0 aromatic rings. The number of rotatable bonds is 43. The van der Waals surface area contributed by atoms with Gasteiger partial charge in [0.25, 0.3) is 0 Å². The number of esters is 2. The molecule has 0 radical (unpaired) electrons. The van der Waals surface area contributed by atoms with Crippen molar-refractivity contribution in [2.24, 2.45) is 5.73 Å². The number of hydrogen-bond donors (Lipinski definition) is 3. The summed E-state index contributed by atoms with van der Waals surface area (Å²) in [6.45, 7) is 2.81. The predicted octanol–water partition coefficient (Wildman–Crippen LogP) is 12.1. The van der Waals surface area contributed by atoms with Crippen LogP contribution in [0.3, 0.4) is 0 Å². The average Bonchev–Trinajstić information content (AvgIpc) is 3.17. The van der Waals surface area contributed by atoms with Crippen LogP contribution in [0.4, 0.5) is 0 Å². The lowest BCUT2D eigenvalue weighted by Crippen LogP contribution is -2.34. The molecule has 12 heteroatoms. The fraction of sp³-hybridized carbons (Fsp3) is 0.886. The lowest BCUT2D eigenvalue weighted by Gasteiger charge is -2.20. The van der Waals surface area contributed by atoms with Gasteiger partial charge >= 0.3 is 25.7 Å². The fourth-order valence-electron chi connectivity index (χ4n) is 6.41. The summed E-state index contributed by atoms with van der Waals surface area (Å²) >= 11 is 0. The molecular weight excluding hydrogens is 733 g/mol. The molecule has 4 N–H and O–H groups in total. The number of allylic oxidation sites excluding steroid dienone is 2. The molecule has 0 aromatic heterocycles. The van der Waals surface area contributed by atoms with Crippen LogP contribution >= 0.6 is 7.82 Å². The van der Waals surface area contributed by atoms with E-state index < -0.39 is 51.1 Å². The zero-order valence-electron chi connectivity index (χ0n) is 35.7. The number of carboxylic acid groups (broad SMARTS) is 1.